The average Bonchev–Trinajstić information content (AvgIpc) is 3.19. The molecule has 2 amide bonds. The van der Waals surface area contributed by atoms with Crippen LogP contribution in [0.15, 0.2) is 73.6 Å². The third kappa shape index (κ3) is 5.35. The van der Waals surface area contributed by atoms with Crippen molar-refractivity contribution in [1.82, 2.24) is 20.2 Å². The first-order valence-corrected chi connectivity index (χ1v) is 11.0. The summed E-state index contributed by atoms with van der Waals surface area (Å²) in [6, 6.07) is 16.2. The van der Waals surface area contributed by atoms with Gasteiger partial charge in [0.25, 0.3) is 5.91 Å². The number of hydrogen-bond acceptors (Lipinski definition) is 6. The number of carboxylic acids is 1. The summed E-state index contributed by atoms with van der Waals surface area (Å²) in [5.74, 6) is -1.42. The third-order valence-corrected chi connectivity index (χ3v) is 5.65. The molecular formula is C26H24N4O5. The molecule has 178 valence electrons. The molecule has 0 saturated carbocycles. The van der Waals surface area contributed by atoms with Crippen molar-refractivity contribution in [2.75, 3.05) is 19.7 Å². The normalized spacial score (nSPS) is 11.8. The number of ether oxygens (including phenoxy) is 1. The van der Waals surface area contributed by atoms with Gasteiger partial charge in [0, 0.05) is 24.9 Å². The highest BCUT2D eigenvalue weighted by Gasteiger charge is 2.29. The zero-order valence-electron chi connectivity index (χ0n) is 18.9. The lowest BCUT2D eigenvalue weighted by atomic mass is 9.98. The number of carboxylic acid groups (broad SMARTS) is 1. The number of aliphatic carboxylic acids is 1. The molecule has 4 rings (SSSR count). The summed E-state index contributed by atoms with van der Waals surface area (Å²) in [4.78, 5) is 45.1. The van der Waals surface area contributed by atoms with Crippen molar-refractivity contribution in [2.45, 2.75) is 12.5 Å². The van der Waals surface area contributed by atoms with Gasteiger partial charge in [-0.3, -0.25) is 9.59 Å². The molecule has 1 aliphatic rings. The zero-order chi connectivity index (χ0) is 24.8. The number of carbonyl (C=O) groups is 3. The smallest absolute Gasteiger partial charge is 0.407 e. The van der Waals surface area contributed by atoms with Crippen molar-refractivity contribution in [3.63, 3.8) is 0 Å². The van der Waals surface area contributed by atoms with E-state index in [9.17, 15) is 14.4 Å². The van der Waals surface area contributed by atoms with Gasteiger partial charge in [-0.15, -0.1) is 6.58 Å². The van der Waals surface area contributed by atoms with E-state index in [1.807, 2.05) is 36.4 Å². The zero-order valence-corrected chi connectivity index (χ0v) is 18.9. The summed E-state index contributed by atoms with van der Waals surface area (Å²) in [6.07, 6.45) is 3.42. The Hall–Kier alpha value is -4.53. The van der Waals surface area contributed by atoms with Gasteiger partial charge in [-0.1, -0.05) is 54.6 Å². The number of hydrogen-bond donors (Lipinski definition) is 2. The van der Waals surface area contributed by atoms with Crippen LogP contribution in [0.4, 0.5) is 4.79 Å². The maximum atomic E-state index is 12.5. The Bertz CT molecular complexity index is 1210. The Kier molecular flexibility index (Phi) is 7.15. The van der Waals surface area contributed by atoms with Crippen LogP contribution in [0.1, 0.15) is 33.2 Å². The average molecular weight is 473 g/mol. The highest BCUT2D eigenvalue weighted by molar-refractivity contribution is 5.95. The van der Waals surface area contributed by atoms with Gasteiger partial charge < -0.3 is 20.1 Å². The number of nitrogens with zero attached hydrogens (tertiary/aromatic N) is 3. The second kappa shape index (κ2) is 10.6. The van der Waals surface area contributed by atoms with Crippen LogP contribution in [0.5, 0.6) is 0 Å². The van der Waals surface area contributed by atoms with Crippen LogP contribution in [0.2, 0.25) is 0 Å². The van der Waals surface area contributed by atoms with E-state index in [0.29, 0.717) is 0 Å². The van der Waals surface area contributed by atoms with Crippen LogP contribution in [0.3, 0.4) is 0 Å². The molecule has 1 aromatic heterocycles. The van der Waals surface area contributed by atoms with Crippen molar-refractivity contribution < 1.29 is 24.2 Å². The van der Waals surface area contributed by atoms with Crippen molar-refractivity contribution in [2.24, 2.45) is 0 Å². The number of alkyl carbamates (subject to hydrolysis) is 1. The monoisotopic (exact) mass is 472 g/mol. The molecular weight excluding hydrogens is 448 g/mol. The van der Waals surface area contributed by atoms with E-state index in [1.165, 1.54) is 18.5 Å². The number of fused-ring (bicyclic) bond motifs is 3. The molecule has 1 aliphatic carbocycles. The Morgan fingerprint density at radius 2 is 1.63 bits per heavy atom. The van der Waals surface area contributed by atoms with E-state index < -0.39 is 24.5 Å². The second-order valence-corrected chi connectivity index (χ2v) is 7.94. The first kappa shape index (κ1) is 23.6. The number of rotatable bonds is 9. The van der Waals surface area contributed by atoms with Crippen LogP contribution in [0, 0.1) is 0 Å². The summed E-state index contributed by atoms with van der Waals surface area (Å²) in [6.45, 7) is 3.35. The number of amides is 2. The van der Waals surface area contributed by atoms with Crippen LogP contribution in [-0.2, 0) is 16.1 Å². The molecule has 0 fully saturated rings. The van der Waals surface area contributed by atoms with Gasteiger partial charge in [0.15, 0.2) is 0 Å². The molecule has 0 saturated heterocycles. The summed E-state index contributed by atoms with van der Waals surface area (Å²) in [7, 11) is 0. The second-order valence-electron chi connectivity index (χ2n) is 7.94. The Morgan fingerprint density at radius 1 is 1.03 bits per heavy atom. The van der Waals surface area contributed by atoms with E-state index in [1.54, 1.807) is 0 Å². The molecule has 1 heterocycles. The van der Waals surface area contributed by atoms with Crippen LogP contribution in [-0.4, -0.2) is 57.6 Å². The van der Waals surface area contributed by atoms with Crippen molar-refractivity contribution >= 4 is 18.0 Å². The topological polar surface area (TPSA) is 122 Å². The fourth-order valence-electron chi connectivity index (χ4n) is 4.08. The van der Waals surface area contributed by atoms with Gasteiger partial charge in [-0.2, -0.15) is 0 Å². The maximum absolute atomic E-state index is 12.5. The lowest BCUT2D eigenvalue weighted by Crippen LogP contribution is -2.36. The molecule has 0 radical (unpaired) electrons. The molecule has 3 aromatic rings. The fraction of sp³-hybridized carbons (Fsp3) is 0.192. The predicted octanol–water partition coefficient (Wildman–Crippen LogP) is 3.23. The third-order valence-electron chi connectivity index (χ3n) is 5.65. The number of aromatic nitrogens is 2. The molecule has 0 bridgehead atoms. The summed E-state index contributed by atoms with van der Waals surface area (Å²) in [5, 5.41) is 11.6. The van der Waals surface area contributed by atoms with Gasteiger partial charge in [-0.05, 0) is 22.3 Å². The van der Waals surface area contributed by atoms with Crippen LogP contribution < -0.4 is 5.32 Å². The SMILES string of the molecule is C=CCN(CC(=O)O)C(=O)c1cnc(CNC(=O)OCC2c3ccccc3-c3ccccc32)nc1. The Balaban J connectivity index is 1.32. The van der Waals surface area contributed by atoms with Gasteiger partial charge >= 0.3 is 12.1 Å². The van der Waals surface area contributed by atoms with Crippen molar-refractivity contribution in [3.05, 3.63) is 96.1 Å². The Labute approximate surface area is 202 Å². The van der Waals surface area contributed by atoms with E-state index in [2.05, 4.69) is 34.0 Å². The molecule has 9 heteroatoms. The summed E-state index contributed by atoms with van der Waals surface area (Å²) < 4.78 is 5.49. The number of nitrogens with one attached hydrogen (secondary N) is 1. The highest BCUT2D eigenvalue weighted by Crippen LogP contribution is 2.44. The lowest BCUT2D eigenvalue weighted by molar-refractivity contribution is -0.137. The minimum absolute atomic E-state index is 0.0106. The largest absolute Gasteiger partial charge is 0.480 e. The lowest BCUT2D eigenvalue weighted by Gasteiger charge is -2.18. The molecule has 0 atom stereocenters. The molecule has 2 N–H and O–H groups in total. The van der Waals surface area contributed by atoms with Crippen LogP contribution in [0.25, 0.3) is 11.1 Å². The van der Waals surface area contributed by atoms with Crippen molar-refractivity contribution in [3.8, 4) is 11.1 Å². The van der Waals surface area contributed by atoms with E-state index in [0.717, 1.165) is 27.2 Å². The van der Waals surface area contributed by atoms with Crippen LogP contribution >= 0.6 is 0 Å². The molecule has 2 aromatic carbocycles. The first-order chi connectivity index (χ1) is 17.0. The first-order valence-electron chi connectivity index (χ1n) is 11.0. The maximum Gasteiger partial charge on any atom is 0.407 e. The van der Waals surface area contributed by atoms with E-state index in [-0.39, 0.29) is 37.0 Å². The molecule has 0 unspecified atom stereocenters. The van der Waals surface area contributed by atoms with Gasteiger partial charge in [0.1, 0.15) is 19.0 Å². The summed E-state index contributed by atoms with van der Waals surface area (Å²) in [5.41, 5.74) is 4.68. The van der Waals surface area contributed by atoms with Crippen molar-refractivity contribution in [1.29, 1.82) is 0 Å². The predicted molar refractivity (Wildman–Crippen MR) is 128 cm³/mol. The molecule has 0 aliphatic heterocycles. The molecule has 9 nitrogen and oxygen atoms in total. The number of benzene rings is 2. The van der Waals surface area contributed by atoms with E-state index in [4.69, 9.17) is 9.84 Å². The van der Waals surface area contributed by atoms with E-state index >= 15 is 0 Å². The minimum atomic E-state index is -1.13. The number of carbonyl (C=O) groups excluding carboxylic acids is 2. The minimum Gasteiger partial charge on any atom is -0.480 e. The molecule has 0 spiro atoms. The fourth-order valence-corrected chi connectivity index (χ4v) is 4.08. The summed E-state index contributed by atoms with van der Waals surface area (Å²) >= 11 is 0. The highest BCUT2D eigenvalue weighted by atomic mass is 16.5. The Morgan fingerprint density at radius 3 is 2.20 bits per heavy atom. The van der Waals surface area contributed by atoms with Gasteiger partial charge in [0.05, 0.1) is 12.1 Å². The quantitative estimate of drug-likeness (QED) is 0.459. The van der Waals surface area contributed by atoms with Gasteiger partial charge in [-0.25, -0.2) is 14.8 Å². The van der Waals surface area contributed by atoms with Gasteiger partial charge in [0.2, 0.25) is 0 Å². The molecule has 35 heavy (non-hydrogen) atoms. The standard InChI is InChI=1S/C26H24N4O5/c1-2-11-30(15-24(31)32)25(33)17-12-27-23(28-13-17)14-29-26(34)35-16-22-20-9-5-3-7-18(20)19-8-4-6-10-21(19)22/h2-10,12-13,22H,1,11,14-16H2,(H,29,34)(H,31,32).